The molecule has 0 radical (unpaired) electrons. The first-order valence-corrected chi connectivity index (χ1v) is 9.17. The van der Waals surface area contributed by atoms with Gasteiger partial charge in [0, 0.05) is 0 Å². The van der Waals surface area contributed by atoms with Crippen molar-refractivity contribution in [2.75, 3.05) is 7.11 Å². The van der Waals surface area contributed by atoms with Gasteiger partial charge < -0.3 is 4.74 Å². The van der Waals surface area contributed by atoms with Crippen LogP contribution >= 0.6 is 23.2 Å². The van der Waals surface area contributed by atoms with Gasteiger partial charge in [-0.25, -0.2) is 9.67 Å². The van der Waals surface area contributed by atoms with Crippen molar-refractivity contribution in [2.45, 2.75) is 12.1 Å². The van der Waals surface area contributed by atoms with Crippen molar-refractivity contribution in [3.63, 3.8) is 0 Å². The maximum absolute atomic E-state index is 13.7. The van der Waals surface area contributed by atoms with E-state index in [1.807, 2.05) is 6.07 Å². The minimum atomic E-state index is -4.59. The van der Waals surface area contributed by atoms with Crippen LogP contribution in [0.1, 0.15) is 22.6 Å². The van der Waals surface area contributed by atoms with E-state index < -0.39 is 12.1 Å². The summed E-state index contributed by atoms with van der Waals surface area (Å²) in [6, 6.07) is 8.97. The maximum Gasteiger partial charge on any atom is 0.399 e. The van der Waals surface area contributed by atoms with E-state index in [9.17, 15) is 18.4 Å². The molecule has 10 heteroatoms. The van der Waals surface area contributed by atoms with Crippen LogP contribution in [0.15, 0.2) is 49.1 Å². The van der Waals surface area contributed by atoms with Gasteiger partial charge in [-0.2, -0.15) is 23.5 Å². The van der Waals surface area contributed by atoms with Gasteiger partial charge in [-0.05, 0) is 35.4 Å². The lowest BCUT2D eigenvalue weighted by Gasteiger charge is -2.19. The minimum Gasteiger partial charge on any atom is -0.494 e. The third kappa shape index (κ3) is 4.58. The highest BCUT2D eigenvalue weighted by Gasteiger charge is 2.39. The quantitative estimate of drug-likeness (QED) is 0.489. The molecule has 0 aliphatic heterocycles. The lowest BCUT2D eigenvalue weighted by Crippen LogP contribution is -2.19. The van der Waals surface area contributed by atoms with E-state index in [2.05, 4.69) is 10.1 Å². The lowest BCUT2D eigenvalue weighted by molar-refractivity contribution is -0.139. The van der Waals surface area contributed by atoms with Gasteiger partial charge in [-0.3, -0.25) is 0 Å². The van der Waals surface area contributed by atoms with Gasteiger partial charge >= 0.3 is 6.18 Å². The Morgan fingerprint density at radius 2 is 1.90 bits per heavy atom. The molecule has 2 aromatic carbocycles. The van der Waals surface area contributed by atoms with Crippen molar-refractivity contribution in [3.05, 3.63) is 75.8 Å². The molecule has 0 amide bonds. The van der Waals surface area contributed by atoms with Crippen LogP contribution in [0.25, 0.3) is 11.8 Å². The Bertz CT molecular complexity index is 1100. The standard InChI is InChI=1S/C20H13Cl2F3N4O/c1-30-19-16(21)7-13(8-17(19)22)15(20(23,24)25)4-2-12-3-5-18(14(6-12)9-26)29-11-27-10-28-29/h2-8,10-11,15H,1H3/b4-2+. The third-order valence-corrected chi connectivity index (χ3v) is 4.79. The highest BCUT2D eigenvalue weighted by atomic mass is 35.5. The van der Waals surface area contributed by atoms with E-state index in [1.54, 1.807) is 12.1 Å². The Hall–Kier alpha value is -3.02. The van der Waals surface area contributed by atoms with Gasteiger partial charge in [-0.1, -0.05) is 41.4 Å². The van der Waals surface area contributed by atoms with Gasteiger partial charge in [0.05, 0.1) is 34.3 Å². The van der Waals surface area contributed by atoms with Crippen molar-refractivity contribution < 1.29 is 17.9 Å². The summed E-state index contributed by atoms with van der Waals surface area (Å²) in [5.74, 6) is -1.85. The fraction of sp³-hybridized carbons (Fsp3) is 0.150. The summed E-state index contributed by atoms with van der Waals surface area (Å²) in [6.45, 7) is 0. The van der Waals surface area contributed by atoms with E-state index in [4.69, 9.17) is 27.9 Å². The van der Waals surface area contributed by atoms with Crippen LogP contribution in [0.4, 0.5) is 13.2 Å². The van der Waals surface area contributed by atoms with Crippen LogP contribution in [-0.4, -0.2) is 28.1 Å². The fourth-order valence-corrected chi connectivity index (χ4v) is 3.51. The molecule has 1 heterocycles. The van der Waals surface area contributed by atoms with E-state index in [0.717, 1.165) is 6.08 Å². The highest BCUT2D eigenvalue weighted by Crippen LogP contribution is 2.42. The number of nitrogens with zero attached hydrogens (tertiary/aromatic N) is 4. The second kappa shape index (κ2) is 8.78. The van der Waals surface area contributed by atoms with E-state index >= 15 is 0 Å². The first kappa shape index (κ1) is 21.7. The van der Waals surface area contributed by atoms with E-state index in [-0.39, 0.29) is 26.9 Å². The molecule has 0 spiro atoms. The van der Waals surface area contributed by atoms with Crippen LogP contribution in [-0.2, 0) is 0 Å². The molecule has 30 heavy (non-hydrogen) atoms. The Morgan fingerprint density at radius 3 is 2.43 bits per heavy atom. The number of benzene rings is 2. The smallest absolute Gasteiger partial charge is 0.399 e. The molecule has 0 fully saturated rings. The van der Waals surface area contributed by atoms with Gasteiger partial charge in [0.2, 0.25) is 0 Å². The topological polar surface area (TPSA) is 63.7 Å². The van der Waals surface area contributed by atoms with Crippen molar-refractivity contribution in [1.29, 1.82) is 5.26 Å². The number of alkyl halides is 3. The van der Waals surface area contributed by atoms with Gasteiger partial charge in [-0.15, -0.1) is 0 Å². The summed E-state index contributed by atoms with van der Waals surface area (Å²) in [4.78, 5) is 3.82. The summed E-state index contributed by atoms with van der Waals surface area (Å²) in [6.07, 6.45) is 0.420. The zero-order valence-corrected chi connectivity index (χ0v) is 16.9. The summed E-state index contributed by atoms with van der Waals surface area (Å²) in [5, 5.41) is 13.3. The van der Waals surface area contributed by atoms with Gasteiger partial charge in [0.25, 0.3) is 0 Å². The number of hydrogen-bond acceptors (Lipinski definition) is 4. The molecule has 154 valence electrons. The Morgan fingerprint density at radius 1 is 1.20 bits per heavy atom. The largest absolute Gasteiger partial charge is 0.494 e. The molecule has 3 rings (SSSR count). The molecule has 0 saturated carbocycles. The summed E-state index contributed by atoms with van der Waals surface area (Å²) < 4.78 is 47.5. The molecule has 3 aromatic rings. The molecule has 0 aliphatic rings. The zero-order chi connectivity index (χ0) is 21.9. The molecule has 1 atom stereocenters. The van der Waals surface area contributed by atoms with Crippen molar-refractivity contribution in [2.24, 2.45) is 0 Å². The minimum absolute atomic E-state index is 0.0217. The SMILES string of the molecule is COc1c(Cl)cc(C(/C=C/c2ccc(-n3cncn3)c(C#N)c2)C(F)(F)F)cc1Cl. The van der Waals surface area contributed by atoms with Crippen LogP contribution in [0.2, 0.25) is 10.0 Å². The predicted octanol–water partition coefficient (Wildman–Crippen LogP) is 5.81. The van der Waals surface area contributed by atoms with Crippen LogP contribution in [0.3, 0.4) is 0 Å². The lowest BCUT2D eigenvalue weighted by atomic mass is 9.96. The molecular weight excluding hydrogens is 440 g/mol. The number of nitriles is 1. The van der Waals surface area contributed by atoms with Gasteiger partial charge in [0.15, 0.2) is 5.75 Å². The predicted molar refractivity (Wildman–Crippen MR) is 107 cm³/mol. The molecule has 1 aromatic heterocycles. The second-order valence-electron chi connectivity index (χ2n) is 6.12. The third-order valence-electron chi connectivity index (χ3n) is 4.22. The maximum atomic E-state index is 13.7. The molecule has 0 aliphatic carbocycles. The van der Waals surface area contributed by atoms with Crippen LogP contribution in [0.5, 0.6) is 5.75 Å². The Kier molecular flexibility index (Phi) is 6.34. The average molecular weight is 453 g/mol. The molecule has 5 nitrogen and oxygen atoms in total. The summed E-state index contributed by atoms with van der Waals surface area (Å²) in [5.41, 5.74) is 0.986. The molecule has 0 bridgehead atoms. The van der Waals surface area contributed by atoms with Crippen molar-refractivity contribution in [3.8, 4) is 17.5 Å². The van der Waals surface area contributed by atoms with E-state index in [0.29, 0.717) is 11.3 Å². The fourth-order valence-electron chi connectivity index (χ4n) is 2.85. The first-order valence-electron chi connectivity index (χ1n) is 8.41. The van der Waals surface area contributed by atoms with Crippen molar-refractivity contribution in [1.82, 2.24) is 14.8 Å². The number of hydrogen-bond donors (Lipinski definition) is 0. The summed E-state index contributed by atoms with van der Waals surface area (Å²) >= 11 is 12.0. The Labute approximate surface area is 179 Å². The van der Waals surface area contributed by atoms with Crippen molar-refractivity contribution >= 4 is 29.3 Å². The Balaban J connectivity index is 1.98. The molecule has 0 saturated heterocycles. The van der Waals surface area contributed by atoms with Gasteiger partial charge in [0.1, 0.15) is 18.7 Å². The zero-order valence-electron chi connectivity index (χ0n) is 15.4. The number of allylic oxidation sites excluding steroid dienone is 1. The van der Waals surface area contributed by atoms with E-state index in [1.165, 1.54) is 48.7 Å². The first-order chi connectivity index (χ1) is 14.2. The number of ether oxygens (including phenoxy) is 1. The number of methoxy groups -OCH3 is 1. The van der Waals surface area contributed by atoms with Crippen LogP contribution < -0.4 is 4.74 Å². The number of rotatable bonds is 5. The normalized spacial score (nSPS) is 12.7. The number of halogens is 5. The second-order valence-corrected chi connectivity index (χ2v) is 6.94. The number of aromatic nitrogens is 3. The molecule has 0 N–H and O–H groups in total. The van der Waals surface area contributed by atoms with Crippen LogP contribution in [0, 0.1) is 11.3 Å². The molecule has 1 unspecified atom stereocenters. The average Bonchev–Trinajstić information content (AvgIpc) is 3.21. The summed E-state index contributed by atoms with van der Waals surface area (Å²) in [7, 11) is 1.32. The highest BCUT2D eigenvalue weighted by molar-refractivity contribution is 6.37. The molecular formula is C20H13Cl2F3N4O. The monoisotopic (exact) mass is 452 g/mol.